The minimum atomic E-state index is 0.767. The van der Waals surface area contributed by atoms with Gasteiger partial charge in [-0.1, -0.05) is 17.7 Å². The molecule has 1 aromatic carbocycles. The molecule has 15 heavy (non-hydrogen) atoms. The fourth-order valence-corrected chi connectivity index (χ4v) is 1.71. The summed E-state index contributed by atoms with van der Waals surface area (Å²) >= 11 is 6.07. The van der Waals surface area contributed by atoms with E-state index in [1.807, 2.05) is 42.9 Å². The molecule has 3 nitrogen and oxygen atoms in total. The number of nitrogens with one attached hydrogen (secondary N) is 1. The third-order valence-electron chi connectivity index (χ3n) is 2.36. The van der Waals surface area contributed by atoms with Crippen molar-refractivity contribution in [3.8, 4) is 5.69 Å². The molecule has 1 N–H and O–H groups in total. The average Bonchev–Trinajstić information content (AvgIpc) is 2.70. The third-order valence-corrected chi connectivity index (χ3v) is 2.77. The lowest BCUT2D eigenvalue weighted by Gasteiger charge is -2.10. The van der Waals surface area contributed by atoms with Crippen LogP contribution in [0.25, 0.3) is 5.69 Å². The van der Waals surface area contributed by atoms with E-state index in [9.17, 15) is 0 Å². The van der Waals surface area contributed by atoms with E-state index < -0.39 is 0 Å². The first-order chi connectivity index (χ1) is 7.24. The number of aromatic nitrogens is 2. The minimum Gasteiger partial charge on any atom is -0.358 e. The monoisotopic (exact) mass is 221 g/mol. The van der Waals surface area contributed by atoms with E-state index in [1.165, 1.54) is 0 Å². The Morgan fingerprint density at radius 1 is 1.40 bits per heavy atom. The minimum absolute atomic E-state index is 0.767. The maximum atomic E-state index is 6.07. The number of benzene rings is 1. The SMILES string of the molecule is CNc1nccn1-c1cccc(Cl)c1C. The molecular formula is C11H12ClN3. The zero-order chi connectivity index (χ0) is 10.8. The summed E-state index contributed by atoms with van der Waals surface area (Å²) in [6.07, 6.45) is 3.66. The molecule has 78 valence electrons. The lowest BCUT2D eigenvalue weighted by Crippen LogP contribution is -2.02. The van der Waals surface area contributed by atoms with Crippen molar-refractivity contribution < 1.29 is 0 Å². The summed E-state index contributed by atoms with van der Waals surface area (Å²) in [5.41, 5.74) is 2.10. The molecule has 0 atom stereocenters. The van der Waals surface area contributed by atoms with Crippen molar-refractivity contribution >= 4 is 17.5 Å². The van der Waals surface area contributed by atoms with Crippen molar-refractivity contribution in [1.82, 2.24) is 9.55 Å². The number of imidazole rings is 1. The molecule has 0 fully saturated rings. The molecule has 0 aliphatic carbocycles. The molecule has 2 aromatic rings. The van der Waals surface area contributed by atoms with Gasteiger partial charge in [-0.3, -0.25) is 4.57 Å². The summed E-state index contributed by atoms with van der Waals surface area (Å²) in [6.45, 7) is 2.00. The summed E-state index contributed by atoms with van der Waals surface area (Å²) in [5.74, 6) is 0.806. The van der Waals surface area contributed by atoms with Gasteiger partial charge in [-0.25, -0.2) is 4.98 Å². The molecule has 0 aliphatic rings. The Hall–Kier alpha value is -1.48. The molecule has 2 rings (SSSR count). The molecule has 4 heteroatoms. The van der Waals surface area contributed by atoms with Gasteiger partial charge < -0.3 is 5.32 Å². The second kappa shape index (κ2) is 3.95. The van der Waals surface area contributed by atoms with Gasteiger partial charge in [-0.15, -0.1) is 0 Å². The van der Waals surface area contributed by atoms with Gasteiger partial charge in [0.15, 0.2) is 0 Å². The van der Waals surface area contributed by atoms with Gasteiger partial charge >= 0.3 is 0 Å². The number of hydrogen-bond acceptors (Lipinski definition) is 2. The quantitative estimate of drug-likeness (QED) is 0.845. The van der Waals surface area contributed by atoms with E-state index in [1.54, 1.807) is 6.20 Å². The lowest BCUT2D eigenvalue weighted by molar-refractivity contribution is 1.04. The van der Waals surface area contributed by atoms with Crippen LogP contribution in [0.15, 0.2) is 30.6 Å². The Balaban J connectivity index is 2.59. The Bertz CT molecular complexity index is 476. The van der Waals surface area contributed by atoms with Gasteiger partial charge in [0.1, 0.15) is 0 Å². The van der Waals surface area contributed by atoms with Crippen LogP contribution >= 0.6 is 11.6 Å². The Labute approximate surface area is 93.7 Å². The first-order valence-electron chi connectivity index (χ1n) is 4.70. The molecule has 0 amide bonds. The van der Waals surface area contributed by atoms with Gasteiger partial charge in [0, 0.05) is 24.5 Å². The molecule has 0 spiro atoms. The lowest BCUT2D eigenvalue weighted by atomic mass is 10.2. The van der Waals surface area contributed by atoms with Crippen molar-refractivity contribution in [3.63, 3.8) is 0 Å². The zero-order valence-electron chi connectivity index (χ0n) is 8.66. The maximum Gasteiger partial charge on any atom is 0.207 e. The predicted molar refractivity (Wildman–Crippen MR) is 62.9 cm³/mol. The number of nitrogens with zero attached hydrogens (tertiary/aromatic N) is 2. The highest BCUT2D eigenvalue weighted by Gasteiger charge is 2.07. The van der Waals surface area contributed by atoms with Crippen molar-refractivity contribution in [2.24, 2.45) is 0 Å². The smallest absolute Gasteiger partial charge is 0.207 e. The van der Waals surface area contributed by atoms with Crippen LogP contribution in [-0.4, -0.2) is 16.6 Å². The van der Waals surface area contributed by atoms with E-state index in [0.717, 1.165) is 22.2 Å². The van der Waals surface area contributed by atoms with E-state index in [2.05, 4.69) is 10.3 Å². The maximum absolute atomic E-state index is 6.07. The topological polar surface area (TPSA) is 29.9 Å². The average molecular weight is 222 g/mol. The van der Waals surface area contributed by atoms with Gasteiger partial charge in [0.2, 0.25) is 5.95 Å². The molecule has 0 unspecified atom stereocenters. The summed E-state index contributed by atoms with van der Waals surface area (Å²) in [6, 6.07) is 5.84. The molecule has 0 aliphatic heterocycles. The Morgan fingerprint density at radius 2 is 2.20 bits per heavy atom. The van der Waals surface area contributed by atoms with Gasteiger partial charge in [-0.05, 0) is 24.6 Å². The highest BCUT2D eigenvalue weighted by atomic mass is 35.5. The predicted octanol–water partition coefficient (Wildman–Crippen LogP) is 2.88. The van der Waals surface area contributed by atoms with Gasteiger partial charge in [-0.2, -0.15) is 0 Å². The normalized spacial score (nSPS) is 10.3. The fraction of sp³-hybridized carbons (Fsp3) is 0.182. The molecular weight excluding hydrogens is 210 g/mol. The Morgan fingerprint density at radius 3 is 2.93 bits per heavy atom. The van der Waals surface area contributed by atoms with Crippen molar-refractivity contribution in [2.45, 2.75) is 6.92 Å². The third kappa shape index (κ3) is 1.70. The van der Waals surface area contributed by atoms with Gasteiger partial charge in [0.25, 0.3) is 0 Å². The summed E-state index contributed by atoms with van der Waals surface area (Å²) < 4.78 is 1.97. The van der Waals surface area contributed by atoms with Crippen LogP contribution in [0, 0.1) is 6.92 Å². The highest BCUT2D eigenvalue weighted by Crippen LogP contribution is 2.24. The number of rotatable bonds is 2. The van der Waals surface area contributed by atoms with E-state index in [-0.39, 0.29) is 0 Å². The standard InChI is InChI=1S/C11H12ClN3/c1-8-9(12)4-3-5-10(8)15-7-6-14-11(15)13-2/h3-7H,1-2H3,(H,13,14). The van der Waals surface area contributed by atoms with Crippen LogP contribution in [0.4, 0.5) is 5.95 Å². The highest BCUT2D eigenvalue weighted by molar-refractivity contribution is 6.31. The van der Waals surface area contributed by atoms with Crippen molar-refractivity contribution in [3.05, 3.63) is 41.2 Å². The van der Waals surface area contributed by atoms with Crippen LogP contribution in [-0.2, 0) is 0 Å². The first-order valence-corrected chi connectivity index (χ1v) is 5.08. The molecule has 0 bridgehead atoms. The molecule has 1 heterocycles. The van der Waals surface area contributed by atoms with Crippen LogP contribution in [0.2, 0.25) is 5.02 Å². The van der Waals surface area contributed by atoms with E-state index >= 15 is 0 Å². The van der Waals surface area contributed by atoms with Crippen LogP contribution in [0.3, 0.4) is 0 Å². The van der Waals surface area contributed by atoms with E-state index in [4.69, 9.17) is 11.6 Å². The summed E-state index contributed by atoms with van der Waals surface area (Å²) in [5, 5.41) is 3.80. The number of hydrogen-bond donors (Lipinski definition) is 1. The summed E-state index contributed by atoms with van der Waals surface area (Å²) in [7, 11) is 1.85. The zero-order valence-corrected chi connectivity index (χ0v) is 9.42. The molecule has 0 saturated heterocycles. The fourth-order valence-electron chi connectivity index (χ4n) is 1.54. The first kappa shape index (κ1) is 10.1. The van der Waals surface area contributed by atoms with Crippen LogP contribution < -0.4 is 5.32 Å². The van der Waals surface area contributed by atoms with Crippen molar-refractivity contribution in [1.29, 1.82) is 0 Å². The van der Waals surface area contributed by atoms with E-state index in [0.29, 0.717) is 0 Å². The Kier molecular flexibility index (Phi) is 2.64. The molecule has 0 radical (unpaired) electrons. The summed E-state index contributed by atoms with van der Waals surface area (Å²) in [4.78, 5) is 4.19. The van der Waals surface area contributed by atoms with Crippen LogP contribution in [0.1, 0.15) is 5.56 Å². The molecule has 1 aromatic heterocycles. The van der Waals surface area contributed by atoms with Crippen molar-refractivity contribution in [2.75, 3.05) is 12.4 Å². The van der Waals surface area contributed by atoms with Gasteiger partial charge in [0.05, 0.1) is 5.69 Å². The number of halogens is 1. The van der Waals surface area contributed by atoms with Crippen LogP contribution in [0.5, 0.6) is 0 Å². The second-order valence-electron chi connectivity index (χ2n) is 3.25. The molecule has 0 saturated carbocycles. The number of anilines is 1. The second-order valence-corrected chi connectivity index (χ2v) is 3.66. The largest absolute Gasteiger partial charge is 0.358 e.